The lowest BCUT2D eigenvalue weighted by molar-refractivity contribution is 0.0766. The van der Waals surface area contributed by atoms with Crippen LogP contribution in [0.3, 0.4) is 0 Å². The van der Waals surface area contributed by atoms with E-state index in [0.29, 0.717) is 35.7 Å². The van der Waals surface area contributed by atoms with Gasteiger partial charge in [-0.3, -0.25) is 4.79 Å². The molecule has 4 rings (SSSR count). The van der Waals surface area contributed by atoms with E-state index in [1.807, 2.05) is 22.9 Å². The highest BCUT2D eigenvalue weighted by molar-refractivity contribution is 7.91. The van der Waals surface area contributed by atoms with Crippen LogP contribution < -0.4 is 0 Å². The molecule has 2 heterocycles. The average molecular weight is 444 g/mol. The number of sulfone groups is 1. The minimum absolute atomic E-state index is 0.0760. The Morgan fingerprint density at radius 2 is 1.87 bits per heavy atom. The van der Waals surface area contributed by atoms with Crippen molar-refractivity contribution in [2.45, 2.75) is 18.2 Å². The van der Waals surface area contributed by atoms with Crippen LogP contribution in [0.2, 0.25) is 5.02 Å². The van der Waals surface area contributed by atoms with Gasteiger partial charge >= 0.3 is 0 Å². The quantitative estimate of drug-likeness (QED) is 0.617. The molecule has 1 unspecified atom stereocenters. The second-order valence-electron chi connectivity index (χ2n) is 7.39. The van der Waals surface area contributed by atoms with Crippen molar-refractivity contribution in [2.24, 2.45) is 0 Å². The van der Waals surface area contributed by atoms with Gasteiger partial charge in [0.05, 0.1) is 17.3 Å². The fourth-order valence-corrected chi connectivity index (χ4v) is 5.91. The Bertz CT molecular complexity index is 1130. The zero-order chi connectivity index (χ0) is 21.1. The van der Waals surface area contributed by atoms with E-state index in [2.05, 4.69) is 4.98 Å². The molecule has 1 atom stereocenters. The standard InChI is InChI=1S/C22H22ClN3O3S/c23-20-4-2-1-3-19(20)21-9-11-26(13-14-30(21,28)29)22(27)18-7-5-17(6-8-18)15-25-12-10-24-16-25/h1-8,10,12,16,21H,9,11,13-15H2. The Labute approximate surface area is 181 Å². The lowest BCUT2D eigenvalue weighted by atomic mass is 10.1. The number of halogens is 1. The molecule has 30 heavy (non-hydrogen) atoms. The minimum Gasteiger partial charge on any atom is -0.338 e. The maximum atomic E-state index is 13.0. The number of hydrogen-bond donors (Lipinski definition) is 0. The molecule has 0 saturated carbocycles. The summed E-state index contributed by atoms with van der Waals surface area (Å²) in [6.07, 6.45) is 5.68. The fourth-order valence-electron chi connectivity index (χ4n) is 3.76. The first-order chi connectivity index (χ1) is 14.4. The van der Waals surface area contributed by atoms with Crippen LogP contribution >= 0.6 is 11.6 Å². The van der Waals surface area contributed by atoms with Crippen LogP contribution in [0.15, 0.2) is 67.3 Å². The number of carbonyl (C=O) groups excluding carboxylic acids is 1. The molecule has 1 aliphatic heterocycles. The van der Waals surface area contributed by atoms with E-state index in [0.717, 1.165) is 5.56 Å². The van der Waals surface area contributed by atoms with Crippen LogP contribution in [-0.4, -0.2) is 47.6 Å². The molecule has 2 aromatic carbocycles. The monoisotopic (exact) mass is 443 g/mol. The molecule has 0 spiro atoms. The number of aromatic nitrogens is 2. The second-order valence-corrected chi connectivity index (χ2v) is 10.1. The summed E-state index contributed by atoms with van der Waals surface area (Å²) in [7, 11) is -3.41. The van der Waals surface area contributed by atoms with Crippen molar-refractivity contribution in [2.75, 3.05) is 18.8 Å². The number of carbonyl (C=O) groups is 1. The predicted octanol–water partition coefficient (Wildman–Crippen LogP) is 3.59. The molecule has 6 nitrogen and oxygen atoms in total. The molecule has 8 heteroatoms. The van der Waals surface area contributed by atoms with Crippen molar-refractivity contribution in [1.82, 2.24) is 14.5 Å². The number of rotatable bonds is 4. The predicted molar refractivity (Wildman–Crippen MR) is 116 cm³/mol. The SMILES string of the molecule is O=C(c1ccc(Cn2ccnc2)cc1)N1CCC(c2ccccc2Cl)S(=O)(=O)CC1. The van der Waals surface area contributed by atoms with Gasteiger partial charge in [-0.25, -0.2) is 13.4 Å². The van der Waals surface area contributed by atoms with E-state index in [1.165, 1.54) is 0 Å². The third-order valence-corrected chi connectivity index (χ3v) is 7.86. The van der Waals surface area contributed by atoms with Gasteiger partial charge in [-0.2, -0.15) is 0 Å². The van der Waals surface area contributed by atoms with Gasteiger partial charge in [-0.05, 0) is 35.7 Å². The Balaban J connectivity index is 1.48. The molecule has 1 aliphatic rings. The molecule has 1 amide bonds. The number of benzene rings is 2. The summed E-state index contributed by atoms with van der Waals surface area (Å²) in [5, 5.41) is -0.249. The third kappa shape index (κ3) is 4.42. The summed E-state index contributed by atoms with van der Waals surface area (Å²) < 4.78 is 27.7. The molecule has 0 radical (unpaired) electrons. The largest absolute Gasteiger partial charge is 0.338 e. The zero-order valence-corrected chi connectivity index (χ0v) is 17.9. The Morgan fingerprint density at radius 3 is 2.57 bits per heavy atom. The molecule has 156 valence electrons. The first-order valence-electron chi connectivity index (χ1n) is 9.74. The van der Waals surface area contributed by atoms with Crippen LogP contribution in [0.1, 0.15) is 33.2 Å². The number of imidazole rings is 1. The van der Waals surface area contributed by atoms with Crippen molar-refractivity contribution in [3.63, 3.8) is 0 Å². The van der Waals surface area contributed by atoms with Crippen LogP contribution in [0, 0.1) is 0 Å². The molecular weight excluding hydrogens is 422 g/mol. The van der Waals surface area contributed by atoms with E-state index >= 15 is 0 Å². The molecular formula is C22H22ClN3O3S. The van der Waals surface area contributed by atoms with E-state index in [4.69, 9.17) is 11.6 Å². The van der Waals surface area contributed by atoms with Crippen molar-refractivity contribution >= 4 is 27.3 Å². The van der Waals surface area contributed by atoms with Crippen LogP contribution in [0.4, 0.5) is 0 Å². The molecule has 1 aromatic heterocycles. The van der Waals surface area contributed by atoms with Crippen LogP contribution in [-0.2, 0) is 16.4 Å². The van der Waals surface area contributed by atoms with E-state index in [-0.39, 0.29) is 18.2 Å². The van der Waals surface area contributed by atoms with Gasteiger partial charge < -0.3 is 9.47 Å². The highest BCUT2D eigenvalue weighted by Crippen LogP contribution is 2.34. The number of hydrogen-bond acceptors (Lipinski definition) is 4. The molecule has 1 saturated heterocycles. The van der Waals surface area contributed by atoms with Gasteiger partial charge in [0, 0.05) is 42.6 Å². The molecule has 0 bridgehead atoms. The van der Waals surface area contributed by atoms with E-state index in [9.17, 15) is 13.2 Å². The lowest BCUT2D eigenvalue weighted by Crippen LogP contribution is -2.33. The van der Waals surface area contributed by atoms with Gasteiger partial charge in [-0.1, -0.05) is 41.9 Å². The highest BCUT2D eigenvalue weighted by Gasteiger charge is 2.33. The smallest absolute Gasteiger partial charge is 0.253 e. The van der Waals surface area contributed by atoms with Gasteiger partial charge in [0.25, 0.3) is 5.91 Å². The first kappa shape index (κ1) is 20.6. The molecule has 1 fully saturated rings. The lowest BCUT2D eigenvalue weighted by Gasteiger charge is -2.20. The van der Waals surface area contributed by atoms with Gasteiger partial charge in [0.1, 0.15) is 0 Å². The summed E-state index contributed by atoms with van der Waals surface area (Å²) >= 11 is 6.25. The minimum atomic E-state index is -3.41. The molecule has 3 aromatic rings. The maximum Gasteiger partial charge on any atom is 0.253 e. The Morgan fingerprint density at radius 1 is 1.10 bits per heavy atom. The second kappa shape index (κ2) is 8.62. The van der Waals surface area contributed by atoms with Gasteiger partial charge in [0.15, 0.2) is 9.84 Å². The topological polar surface area (TPSA) is 72.3 Å². The normalized spacial score (nSPS) is 18.7. The number of amides is 1. The summed E-state index contributed by atoms with van der Waals surface area (Å²) in [4.78, 5) is 18.6. The van der Waals surface area contributed by atoms with Crippen molar-refractivity contribution in [3.8, 4) is 0 Å². The van der Waals surface area contributed by atoms with E-state index < -0.39 is 15.1 Å². The number of nitrogens with zero attached hydrogens (tertiary/aromatic N) is 3. The van der Waals surface area contributed by atoms with Crippen LogP contribution in [0.5, 0.6) is 0 Å². The summed E-state index contributed by atoms with van der Waals surface area (Å²) in [5.74, 6) is -0.230. The molecule has 0 N–H and O–H groups in total. The van der Waals surface area contributed by atoms with Crippen LogP contribution in [0.25, 0.3) is 0 Å². The average Bonchev–Trinajstić information content (AvgIpc) is 3.19. The Hall–Kier alpha value is -2.64. The third-order valence-electron chi connectivity index (χ3n) is 5.40. The van der Waals surface area contributed by atoms with Gasteiger partial charge in [-0.15, -0.1) is 0 Å². The summed E-state index contributed by atoms with van der Waals surface area (Å²) in [6.45, 7) is 1.22. The van der Waals surface area contributed by atoms with E-state index in [1.54, 1.807) is 53.8 Å². The first-order valence-corrected chi connectivity index (χ1v) is 11.8. The summed E-state index contributed by atoms with van der Waals surface area (Å²) in [5.41, 5.74) is 2.22. The zero-order valence-electron chi connectivity index (χ0n) is 16.3. The van der Waals surface area contributed by atoms with Crippen molar-refractivity contribution < 1.29 is 13.2 Å². The highest BCUT2D eigenvalue weighted by atomic mass is 35.5. The van der Waals surface area contributed by atoms with Crippen molar-refractivity contribution in [3.05, 3.63) is 89.0 Å². The Kier molecular flexibility index (Phi) is 5.92. The molecule has 0 aliphatic carbocycles. The van der Waals surface area contributed by atoms with Gasteiger partial charge in [0.2, 0.25) is 0 Å². The fraction of sp³-hybridized carbons (Fsp3) is 0.273. The summed E-state index contributed by atoms with van der Waals surface area (Å²) in [6, 6.07) is 14.4. The van der Waals surface area contributed by atoms with Crippen molar-refractivity contribution in [1.29, 1.82) is 0 Å². The maximum absolute atomic E-state index is 13.0.